The quantitative estimate of drug-likeness (QED) is 0.834. The van der Waals surface area contributed by atoms with Gasteiger partial charge in [0.15, 0.2) is 4.34 Å². The van der Waals surface area contributed by atoms with Crippen molar-refractivity contribution < 1.29 is 9.90 Å². The zero-order valence-corrected chi connectivity index (χ0v) is 9.75. The molecule has 14 heavy (non-hydrogen) atoms. The first-order valence-electron chi connectivity index (χ1n) is 3.74. The van der Waals surface area contributed by atoms with Gasteiger partial charge in [-0.05, 0) is 6.92 Å². The van der Waals surface area contributed by atoms with Gasteiger partial charge < -0.3 is 5.11 Å². The lowest BCUT2D eigenvalue weighted by atomic mass is 10.4. The molecule has 76 valence electrons. The van der Waals surface area contributed by atoms with E-state index in [1.165, 1.54) is 28.6 Å². The Labute approximate surface area is 94.8 Å². The van der Waals surface area contributed by atoms with Crippen molar-refractivity contribution in [3.8, 4) is 0 Å². The highest BCUT2D eigenvalue weighted by atomic mass is 35.5. The maximum Gasteiger partial charge on any atom is 0.347 e. The molecule has 0 saturated carbocycles. The van der Waals surface area contributed by atoms with Gasteiger partial charge in [-0.3, -0.25) is 0 Å². The molecule has 0 spiro atoms. The van der Waals surface area contributed by atoms with Gasteiger partial charge in [0.05, 0.1) is 5.69 Å². The highest BCUT2D eigenvalue weighted by Gasteiger charge is 2.13. The van der Waals surface area contributed by atoms with Crippen LogP contribution in [0.1, 0.15) is 15.4 Å². The van der Waals surface area contributed by atoms with Gasteiger partial charge in [-0.25, -0.2) is 9.78 Å². The Morgan fingerprint density at radius 2 is 2.50 bits per heavy atom. The van der Waals surface area contributed by atoms with Crippen LogP contribution in [0, 0.1) is 6.92 Å². The van der Waals surface area contributed by atoms with Crippen LogP contribution in [0.2, 0.25) is 0 Å². The summed E-state index contributed by atoms with van der Waals surface area (Å²) in [6.07, 6.45) is 1.78. The first kappa shape index (κ1) is 11.6. The lowest BCUT2D eigenvalue weighted by Gasteiger charge is -1.87. The number of carbonyl (C=O) groups is 1. The summed E-state index contributed by atoms with van der Waals surface area (Å²) in [7, 11) is 0. The average molecular weight is 250 g/mol. The number of halogens is 1. The van der Waals surface area contributed by atoms with Gasteiger partial charge in [-0.2, -0.15) is 0 Å². The van der Waals surface area contributed by atoms with E-state index >= 15 is 0 Å². The fraction of sp³-hybridized carbons (Fsp3) is 0.250. The largest absolute Gasteiger partial charge is 0.477 e. The average Bonchev–Trinajstić information content (AvgIpc) is 2.47. The highest BCUT2D eigenvalue weighted by Crippen LogP contribution is 2.27. The summed E-state index contributed by atoms with van der Waals surface area (Å²) in [5.41, 5.74) is 2.01. The van der Waals surface area contributed by atoms with E-state index in [2.05, 4.69) is 4.98 Å². The van der Waals surface area contributed by atoms with Crippen molar-refractivity contribution in [2.75, 3.05) is 5.75 Å². The van der Waals surface area contributed by atoms with Crippen molar-refractivity contribution in [2.24, 2.45) is 0 Å². The molecule has 0 aromatic carbocycles. The maximum absolute atomic E-state index is 10.7. The number of rotatable bonds is 4. The Morgan fingerprint density at radius 3 is 3.00 bits per heavy atom. The molecule has 1 rings (SSSR count). The van der Waals surface area contributed by atoms with Gasteiger partial charge in [0.2, 0.25) is 0 Å². The monoisotopic (exact) mass is 249 g/mol. The minimum absolute atomic E-state index is 0.308. The van der Waals surface area contributed by atoms with Crippen LogP contribution in [-0.2, 0) is 0 Å². The molecule has 0 aliphatic heterocycles. The van der Waals surface area contributed by atoms with Gasteiger partial charge in [0.1, 0.15) is 4.88 Å². The molecule has 0 fully saturated rings. The molecule has 0 bridgehead atoms. The van der Waals surface area contributed by atoms with Crippen molar-refractivity contribution >= 4 is 40.7 Å². The van der Waals surface area contributed by atoms with Crippen LogP contribution in [0.15, 0.2) is 16.0 Å². The highest BCUT2D eigenvalue weighted by molar-refractivity contribution is 8.01. The van der Waals surface area contributed by atoms with Crippen LogP contribution >= 0.6 is 34.7 Å². The Morgan fingerprint density at radius 1 is 1.79 bits per heavy atom. The summed E-state index contributed by atoms with van der Waals surface area (Å²) >= 11 is 8.01. The van der Waals surface area contributed by atoms with Crippen molar-refractivity contribution in [2.45, 2.75) is 11.3 Å². The lowest BCUT2D eigenvalue weighted by Crippen LogP contribution is -1.94. The third kappa shape index (κ3) is 3.01. The number of carboxylic acid groups (broad SMARTS) is 1. The number of thioether (sulfide) groups is 1. The first-order valence-corrected chi connectivity index (χ1v) is 5.97. The Kier molecular flexibility index (Phi) is 4.44. The SMILES string of the molecule is Cc1nc(SCC=CCl)sc1C(=O)O. The Hall–Kier alpha value is -0.520. The second kappa shape index (κ2) is 5.38. The van der Waals surface area contributed by atoms with Crippen LogP contribution in [0.4, 0.5) is 0 Å². The standard InChI is InChI=1S/C8H8ClNO2S2/c1-5-6(7(11)12)14-8(10-5)13-4-2-3-9/h2-3H,4H2,1H3,(H,11,12). The normalized spacial score (nSPS) is 11.0. The summed E-state index contributed by atoms with van der Waals surface area (Å²) in [5.74, 6) is -0.213. The molecule has 0 atom stereocenters. The molecule has 1 heterocycles. The van der Waals surface area contributed by atoms with Gasteiger partial charge in [-0.15, -0.1) is 11.3 Å². The van der Waals surface area contributed by atoms with Gasteiger partial charge in [0.25, 0.3) is 0 Å². The minimum atomic E-state index is -0.917. The zero-order valence-electron chi connectivity index (χ0n) is 7.36. The molecule has 0 unspecified atom stereocenters. The van der Waals surface area contributed by atoms with Crippen molar-refractivity contribution in [1.29, 1.82) is 0 Å². The molecule has 0 amide bonds. The van der Waals surface area contributed by atoms with Gasteiger partial charge >= 0.3 is 5.97 Å². The molecule has 0 aliphatic rings. The second-order valence-corrected chi connectivity index (χ2v) is 4.89. The van der Waals surface area contributed by atoms with Crippen LogP contribution < -0.4 is 0 Å². The number of thiazole rings is 1. The van der Waals surface area contributed by atoms with E-state index in [0.29, 0.717) is 16.3 Å². The van der Waals surface area contributed by atoms with Crippen molar-refractivity contribution in [1.82, 2.24) is 4.98 Å². The molecule has 3 nitrogen and oxygen atoms in total. The number of aromatic nitrogens is 1. The molecule has 0 radical (unpaired) electrons. The number of hydrogen-bond acceptors (Lipinski definition) is 4. The van der Waals surface area contributed by atoms with E-state index in [1.807, 2.05) is 0 Å². The third-order valence-corrected chi connectivity index (χ3v) is 3.78. The summed E-state index contributed by atoms with van der Waals surface area (Å²) in [6, 6.07) is 0. The van der Waals surface area contributed by atoms with Crippen LogP contribution in [0.25, 0.3) is 0 Å². The fourth-order valence-electron chi connectivity index (χ4n) is 0.788. The number of carboxylic acids is 1. The van der Waals surface area contributed by atoms with E-state index in [1.54, 1.807) is 13.0 Å². The van der Waals surface area contributed by atoms with Gasteiger partial charge in [0, 0.05) is 11.3 Å². The Bertz CT molecular complexity index is 362. The second-order valence-electron chi connectivity index (χ2n) is 2.37. The number of nitrogens with zero attached hydrogens (tertiary/aromatic N) is 1. The third-order valence-electron chi connectivity index (χ3n) is 1.36. The summed E-state index contributed by atoms with van der Waals surface area (Å²) in [5, 5.41) is 8.78. The molecule has 0 aliphatic carbocycles. The lowest BCUT2D eigenvalue weighted by molar-refractivity contribution is 0.0701. The van der Waals surface area contributed by atoms with E-state index in [4.69, 9.17) is 16.7 Å². The molecule has 1 N–H and O–H groups in total. The van der Waals surface area contributed by atoms with Gasteiger partial charge in [-0.1, -0.05) is 29.4 Å². The first-order chi connectivity index (χ1) is 6.65. The molecular weight excluding hydrogens is 242 g/mol. The molecular formula is C8H8ClNO2S2. The predicted octanol–water partition coefficient (Wildman–Crippen LogP) is 2.99. The van der Waals surface area contributed by atoms with Crippen molar-refractivity contribution in [3.63, 3.8) is 0 Å². The maximum atomic E-state index is 10.7. The molecule has 1 aromatic rings. The number of hydrogen-bond donors (Lipinski definition) is 1. The predicted molar refractivity (Wildman–Crippen MR) is 59.5 cm³/mol. The van der Waals surface area contributed by atoms with Crippen LogP contribution in [-0.4, -0.2) is 21.8 Å². The molecule has 6 heteroatoms. The summed E-state index contributed by atoms with van der Waals surface area (Å²) < 4.78 is 0.759. The van der Waals surface area contributed by atoms with E-state index < -0.39 is 5.97 Å². The fourth-order valence-corrected chi connectivity index (χ4v) is 2.85. The summed E-state index contributed by atoms with van der Waals surface area (Å²) in [6.45, 7) is 1.70. The smallest absolute Gasteiger partial charge is 0.347 e. The van der Waals surface area contributed by atoms with Crippen LogP contribution in [0.3, 0.4) is 0 Å². The molecule has 0 saturated heterocycles. The zero-order chi connectivity index (χ0) is 10.6. The van der Waals surface area contributed by atoms with Crippen LogP contribution in [0.5, 0.6) is 0 Å². The number of aryl methyl sites for hydroxylation is 1. The molecule has 1 aromatic heterocycles. The number of aromatic carboxylic acids is 1. The minimum Gasteiger partial charge on any atom is -0.477 e. The van der Waals surface area contributed by atoms with Crippen molar-refractivity contribution in [3.05, 3.63) is 22.2 Å². The summed E-state index contributed by atoms with van der Waals surface area (Å²) in [4.78, 5) is 15.1. The van der Waals surface area contributed by atoms with E-state index in [9.17, 15) is 4.79 Å². The Balaban J connectivity index is 2.71. The van der Waals surface area contributed by atoms with E-state index in [-0.39, 0.29) is 0 Å². The topological polar surface area (TPSA) is 50.2 Å². The van der Waals surface area contributed by atoms with E-state index in [0.717, 1.165) is 4.34 Å².